The lowest BCUT2D eigenvalue weighted by molar-refractivity contribution is -0.385. The van der Waals surface area contributed by atoms with Gasteiger partial charge in [0.15, 0.2) is 0 Å². The van der Waals surface area contributed by atoms with Gasteiger partial charge >= 0.3 is 5.69 Å². The number of nitrogens with zero attached hydrogens (tertiary/aromatic N) is 4. The molecule has 0 unspecified atom stereocenters. The summed E-state index contributed by atoms with van der Waals surface area (Å²) >= 11 is 1.77. The van der Waals surface area contributed by atoms with Crippen LogP contribution in [0.15, 0.2) is 41.6 Å². The number of anilines is 1. The fraction of sp³-hybridized carbons (Fsp3) is 0.333. The van der Waals surface area contributed by atoms with E-state index >= 15 is 0 Å². The molecule has 8 heteroatoms. The molecule has 120 valence electrons. The van der Waals surface area contributed by atoms with Crippen molar-refractivity contribution < 1.29 is 9.72 Å². The first-order valence-corrected chi connectivity index (χ1v) is 8.15. The van der Waals surface area contributed by atoms with Crippen LogP contribution in [0.4, 0.5) is 11.4 Å². The zero-order valence-corrected chi connectivity index (χ0v) is 13.4. The molecule has 1 aliphatic rings. The van der Waals surface area contributed by atoms with Gasteiger partial charge < -0.3 is 4.90 Å². The maximum atomic E-state index is 12.6. The molecule has 1 atom stereocenters. The number of nitro groups is 1. The number of aryl methyl sites for hydroxylation is 1. The third-order valence-corrected chi connectivity index (χ3v) is 4.76. The molecule has 1 amide bonds. The molecule has 2 heterocycles. The van der Waals surface area contributed by atoms with Crippen LogP contribution in [0.1, 0.15) is 13.3 Å². The highest BCUT2D eigenvalue weighted by molar-refractivity contribution is 8.00. The van der Waals surface area contributed by atoms with Gasteiger partial charge in [-0.1, -0.05) is 19.1 Å². The Hall–Kier alpha value is -2.35. The molecule has 3 rings (SSSR count). The van der Waals surface area contributed by atoms with E-state index in [0.717, 1.165) is 10.6 Å². The predicted octanol–water partition coefficient (Wildman–Crippen LogP) is 2.71. The van der Waals surface area contributed by atoms with Gasteiger partial charge in [-0.05, 0) is 12.1 Å². The highest BCUT2D eigenvalue weighted by Crippen LogP contribution is 2.38. The van der Waals surface area contributed by atoms with Crippen molar-refractivity contribution in [2.24, 2.45) is 0 Å². The molecular formula is C15H16N4O3S. The third kappa shape index (κ3) is 3.37. The molecule has 0 N–H and O–H groups in total. The zero-order chi connectivity index (χ0) is 16.4. The van der Waals surface area contributed by atoms with E-state index in [4.69, 9.17) is 0 Å². The van der Waals surface area contributed by atoms with Gasteiger partial charge in [-0.3, -0.25) is 19.6 Å². The van der Waals surface area contributed by atoms with Gasteiger partial charge in [-0.2, -0.15) is 5.10 Å². The number of fused-ring (bicyclic) bond motifs is 1. The summed E-state index contributed by atoms with van der Waals surface area (Å²) in [5.74, 6) is 0.00255. The Morgan fingerprint density at radius 1 is 1.48 bits per heavy atom. The Morgan fingerprint density at radius 2 is 2.26 bits per heavy atom. The summed E-state index contributed by atoms with van der Waals surface area (Å²) in [6.45, 7) is 3.09. The highest BCUT2D eigenvalue weighted by Gasteiger charge is 2.26. The van der Waals surface area contributed by atoms with E-state index in [-0.39, 0.29) is 18.0 Å². The number of aromatic nitrogens is 2. The third-order valence-electron chi connectivity index (χ3n) is 3.61. The minimum absolute atomic E-state index is 0.00255. The van der Waals surface area contributed by atoms with Crippen molar-refractivity contribution in [1.82, 2.24) is 9.78 Å². The van der Waals surface area contributed by atoms with E-state index in [1.165, 1.54) is 17.1 Å². The van der Waals surface area contributed by atoms with E-state index in [1.807, 2.05) is 24.3 Å². The fourth-order valence-electron chi connectivity index (χ4n) is 2.54. The Kier molecular flexibility index (Phi) is 4.33. The number of hydrogen-bond donors (Lipinski definition) is 0. The Labute approximate surface area is 137 Å². The number of benzene rings is 1. The molecule has 0 aliphatic carbocycles. The van der Waals surface area contributed by atoms with Crippen LogP contribution in [0.3, 0.4) is 0 Å². The fourth-order valence-corrected chi connectivity index (χ4v) is 3.65. The van der Waals surface area contributed by atoms with E-state index in [0.29, 0.717) is 18.3 Å². The first kappa shape index (κ1) is 15.5. The van der Waals surface area contributed by atoms with Crippen LogP contribution in [-0.4, -0.2) is 32.4 Å². The van der Waals surface area contributed by atoms with E-state index in [9.17, 15) is 14.9 Å². The van der Waals surface area contributed by atoms with Crippen molar-refractivity contribution in [3.8, 4) is 0 Å². The van der Waals surface area contributed by atoms with Crippen LogP contribution >= 0.6 is 11.8 Å². The van der Waals surface area contributed by atoms with E-state index in [1.54, 1.807) is 16.7 Å². The van der Waals surface area contributed by atoms with Gasteiger partial charge in [0.1, 0.15) is 12.4 Å². The number of carbonyl (C=O) groups is 1. The zero-order valence-electron chi connectivity index (χ0n) is 12.6. The summed E-state index contributed by atoms with van der Waals surface area (Å²) in [5.41, 5.74) is 0.873. The Balaban J connectivity index is 1.69. The largest absolute Gasteiger partial charge is 0.310 e. The number of hydrogen-bond acceptors (Lipinski definition) is 5. The van der Waals surface area contributed by atoms with Gasteiger partial charge in [-0.25, -0.2) is 0 Å². The van der Waals surface area contributed by atoms with Crippen LogP contribution in [0.2, 0.25) is 0 Å². The first-order chi connectivity index (χ1) is 11.0. The molecule has 0 radical (unpaired) electrons. The maximum Gasteiger partial charge on any atom is 0.306 e. The molecule has 0 spiro atoms. The van der Waals surface area contributed by atoms with Crippen molar-refractivity contribution in [1.29, 1.82) is 0 Å². The first-order valence-electron chi connectivity index (χ1n) is 7.27. The van der Waals surface area contributed by atoms with Crippen molar-refractivity contribution in [3.63, 3.8) is 0 Å². The van der Waals surface area contributed by atoms with Crippen LogP contribution in [0.5, 0.6) is 0 Å². The second kappa shape index (κ2) is 6.41. The molecule has 0 fully saturated rings. The molecule has 7 nitrogen and oxygen atoms in total. The van der Waals surface area contributed by atoms with Gasteiger partial charge in [0.2, 0.25) is 5.91 Å². The van der Waals surface area contributed by atoms with Gasteiger partial charge in [0, 0.05) is 29.7 Å². The summed E-state index contributed by atoms with van der Waals surface area (Å²) in [4.78, 5) is 25.6. The van der Waals surface area contributed by atoms with Crippen molar-refractivity contribution in [2.45, 2.75) is 30.0 Å². The van der Waals surface area contributed by atoms with Gasteiger partial charge in [-0.15, -0.1) is 11.8 Å². The SMILES string of the molecule is C[C@H]1CN(C(=O)CCn2cc([N+](=O)[O-])cn2)c2ccccc2S1. The highest BCUT2D eigenvalue weighted by atomic mass is 32.2. The molecule has 23 heavy (non-hydrogen) atoms. The maximum absolute atomic E-state index is 12.6. The summed E-state index contributed by atoms with van der Waals surface area (Å²) in [6.07, 6.45) is 2.79. The molecule has 1 aliphatic heterocycles. The van der Waals surface area contributed by atoms with Gasteiger partial charge in [0.05, 0.1) is 10.6 Å². The number of amides is 1. The van der Waals surface area contributed by atoms with Crippen LogP contribution < -0.4 is 4.90 Å². The lowest BCUT2D eigenvalue weighted by Crippen LogP contribution is -2.38. The monoisotopic (exact) mass is 332 g/mol. The van der Waals surface area contributed by atoms with Crippen LogP contribution in [-0.2, 0) is 11.3 Å². The lowest BCUT2D eigenvalue weighted by Gasteiger charge is -2.32. The minimum atomic E-state index is -0.495. The molecule has 1 aromatic carbocycles. The normalized spacial score (nSPS) is 16.9. The van der Waals surface area contributed by atoms with Crippen molar-refractivity contribution >= 4 is 29.0 Å². The molecule has 0 bridgehead atoms. The average Bonchev–Trinajstić information content (AvgIpc) is 3.01. The summed E-state index contributed by atoms with van der Waals surface area (Å²) in [5, 5.41) is 14.9. The summed E-state index contributed by atoms with van der Waals surface area (Å²) in [7, 11) is 0. The molecule has 2 aromatic rings. The van der Waals surface area contributed by atoms with E-state index in [2.05, 4.69) is 12.0 Å². The number of thioether (sulfide) groups is 1. The van der Waals surface area contributed by atoms with Crippen LogP contribution in [0.25, 0.3) is 0 Å². The molecule has 1 aromatic heterocycles. The average molecular weight is 332 g/mol. The summed E-state index contributed by atoms with van der Waals surface area (Å²) < 4.78 is 1.43. The molecule has 0 saturated heterocycles. The Morgan fingerprint density at radius 3 is 3.00 bits per heavy atom. The number of para-hydroxylation sites is 1. The second-order valence-electron chi connectivity index (χ2n) is 5.37. The molecule has 0 saturated carbocycles. The minimum Gasteiger partial charge on any atom is -0.310 e. The van der Waals surface area contributed by atoms with E-state index < -0.39 is 4.92 Å². The Bertz CT molecular complexity index is 746. The molecular weight excluding hydrogens is 316 g/mol. The second-order valence-corrected chi connectivity index (χ2v) is 6.85. The standard InChI is InChI=1S/C15H16N4O3S/c1-11-9-18(13-4-2-3-5-14(13)23-11)15(20)6-7-17-10-12(8-16-17)19(21)22/h2-5,8,10-11H,6-7,9H2,1H3/t11-/m0/s1. The predicted molar refractivity (Wildman–Crippen MR) is 87.6 cm³/mol. The number of rotatable bonds is 4. The number of carbonyl (C=O) groups excluding carboxylic acids is 1. The quantitative estimate of drug-likeness (QED) is 0.635. The van der Waals surface area contributed by atoms with Crippen molar-refractivity contribution in [3.05, 3.63) is 46.8 Å². The van der Waals surface area contributed by atoms with Gasteiger partial charge in [0.25, 0.3) is 0 Å². The topological polar surface area (TPSA) is 81.3 Å². The van der Waals surface area contributed by atoms with Crippen molar-refractivity contribution in [2.75, 3.05) is 11.4 Å². The lowest BCUT2D eigenvalue weighted by atomic mass is 10.2. The summed E-state index contributed by atoms with van der Waals surface area (Å²) in [6, 6.07) is 7.86. The van der Waals surface area contributed by atoms with Crippen LogP contribution in [0, 0.1) is 10.1 Å². The smallest absolute Gasteiger partial charge is 0.306 e.